The highest BCUT2D eigenvalue weighted by atomic mass is 19.1. The molecule has 2 fully saturated rings. The molecule has 7 heteroatoms. The van der Waals surface area contributed by atoms with E-state index < -0.39 is 11.6 Å². The van der Waals surface area contributed by atoms with Gasteiger partial charge in [0.1, 0.15) is 17.9 Å². The van der Waals surface area contributed by atoms with Gasteiger partial charge in [-0.15, -0.1) is 0 Å². The number of imide groups is 1. The van der Waals surface area contributed by atoms with E-state index >= 15 is 0 Å². The van der Waals surface area contributed by atoms with Crippen molar-refractivity contribution in [3.63, 3.8) is 0 Å². The Morgan fingerprint density at radius 3 is 2.59 bits per heavy atom. The van der Waals surface area contributed by atoms with Crippen molar-refractivity contribution < 1.29 is 18.8 Å². The number of nitrogens with one attached hydrogen (secondary N) is 1. The molecule has 6 nitrogen and oxygen atoms in total. The molecule has 3 rings (SSSR count). The van der Waals surface area contributed by atoms with Crippen molar-refractivity contribution >= 4 is 17.8 Å². The van der Waals surface area contributed by atoms with Crippen molar-refractivity contribution in [3.05, 3.63) is 35.6 Å². The molecular weight excluding hydrogens is 349 g/mol. The molecule has 2 aliphatic rings. The van der Waals surface area contributed by atoms with Crippen LogP contribution in [0.25, 0.3) is 0 Å². The Labute approximate surface area is 158 Å². The number of amides is 4. The number of carbonyl (C=O) groups excluding carboxylic acids is 3. The molecule has 0 spiro atoms. The number of rotatable bonds is 5. The van der Waals surface area contributed by atoms with Crippen molar-refractivity contribution in [2.24, 2.45) is 5.92 Å². The van der Waals surface area contributed by atoms with Gasteiger partial charge in [0.2, 0.25) is 5.91 Å². The third kappa shape index (κ3) is 4.28. The van der Waals surface area contributed by atoms with Gasteiger partial charge < -0.3 is 9.80 Å². The molecule has 0 bridgehead atoms. The summed E-state index contributed by atoms with van der Waals surface area (Å²) in [5.41, 5.74) is 0.0821. The second-order valence-electron chi connectivity index (χ2n) is 7.92. The van der Waals surface area contributed by atoms with Crippen molar-refractivity contribution in [2.75, 3.05) is 19.6 Å². The lowest BCUT2D eigenvalue weighted by Gasteiger charge is -2.35. The number of halogens is 1. The molecule has 27 heavy (non-hydrogen) atoms. The van der Waals surface area contributed by atoms with E-state index in [4.69, 9.17) is 0 Å². The van der Waals surface area contributed by atoms with E-state index in [1.165, 1.54) is 17.0 Å². The molecular formula is C20H26FN3O3. The molecule has 2 aliphatic heterocycles. The van der Waals surface area contributed by atoms with Crippen LogP contribution in [0.3, 0.4) is 0 Å². The van der Waals surface area contributed by atoms with E-state index in [1.807, 2.05) is 0 Å². The van der Waals surface area contributed by atoms with Gasteiger partial charge in [-0.2, -0.15) is 0 Å². The van der Waals surface area contributed by atoms with Crippen molar-refractivity contribution in [3.8, 4) is 0 Å². The number of urea groups is 1. The average Bonchev–Trinajstić information content (AvgIpc) is 2.83. The fourth-order valence-electron chi connectivity index (χ4n) is 3.75. The van der Waals surface area contributed by atoms with Gasteiger partial charge in [0.05, 0.1) is 0 Å². The molecule has 2 heterocycles. The lowest BCUT2D eigenvalue weighted by atomic mass is 9.91. The zero-order valence-electron chi connectivity index (χ0n) is 15.8. The van der Waals surface area contributed by atoms with Crippen LogP contribution in [0.1, 0.15) is 38.7 Å². The molecule has 0 saturated carbocycles. The zero-order valence-corrected chi connectivity index (χ0v) is 15.8. The Kier molecular flexibility index (Phi) is 5.48. The number of benzene rings is 1. The summed E-state index contributed by atoms with van der Waals surface area (Å²) < 4.78 is 13.0. The van der Waals surface area contributed by atoms with Gasteiger partial charge in [0, 0.05) is 13.1 Å². The molecule has 1 atom stereocenters. The monoisotopic (exact) mass is 375 g/mol. The molecule has 4 amide bonds. The quantitative estimate of drug-likeness (QED) is 0.803. The minimum absolute atomic E-state index is 0.0880. The summed E-state index contributed by atoms with van der Waals surface area (Å²) in [6.07, 6.45) is 3.76. The summed E-state index contributed by atoms with van der Waals surface area (Å²) in [5.74, 6) is -0.356. The van der Waals surface area contributed by atoms with Gasteiger partial charge in [-0.05, 0) is 63.1 Å². The summed E-state index contributed by atoms with van der Waals surface area (Å²) in [6, 6.07) is 6.02. The van der Waals surface area contributed by atoms with Crippen molar-refractivity contribution in [1.29, 1.82) is 0 Å². The number of nitrogens with zero attached hydrogens (tertiary/aromatic N) is 2. The summed E-state index contributed by atoms with van der Waals surface area (Å²) in [4.78, 5) is 39.6. The molecule has 1 aromatic carbocycles. The first-order valence-electron chi connectivity index (χ1n) is 9.42. The van der Waals surface area contributed by atoms with E-state index in [-0.39, 0.29) is 24.2 Å². The number of hydrogen-bond acceptors (Lipinski definition) is 3. The first-order chi connectivity index (χ1) is 12.8. The SMILES string of the molecule is CC1(C)C(=O)NC(=O)N1CC(=O)N1CCC[C@H](CCc2ccc(F)cc2)C1. The van der Waals surface area contributed by atoms with Gasteiger partial charge >= 0.3 is 6.03 Å². The van der Waals surface area contributed by atoms with Crippen molar-refractivity contribution in [1.82, 2.24) is 15.1 Å². The fourth-order valence-corrected chi connectivity index (χ4v) is 3.75. The first-order valence-corrected chi connectivity index (χ1v) is 9.42. The standard InChI is InChI=1S/C20H26FN3O3/c1-20(2)18(26)22-19(27)24(20)13-17(25)23-11-3-4-15(12-23)6-5-14-7-9-16(21)10-8-14/h7-10,15H,3-6,11-13H2,1-2H3,(H,22,26,27)/t15-/m1/s1. The minimum Gasteiger partial charge on any atom is -0.341 e. The normalized spacial score (nSPS) is 22.1. The summed E-state index contributed by atoms with van der Waals surface area (Å²) in [5, 5.41) is 2.27. The van der Waals surface area contributed by atoms with E-state index in [1.54, 1.807) is 30.9 Å². The van der Waals surface area contributed by atoms with Crippen molar-refractivity contribution in [2.45, 2.75) is 45.1 Å². The smallest absolute Gasteiger partial charge is 0.325 e. The zero-order chi connectivity index (χ0) is 19.6. The Morgan fingerprint density at radius 1 is 1.26 bits per heavy atom. The molecule has 1 N–H and O–H groups in total. The third-order valence-electron chi connectivity index (χ3n) is 5.62. The minimum atomic E-state index is -1.01. The molecule has 2 saturated heterocycles. The number of carbonyl (C=O) groups is 3. The number of aryl methyl sites for hydroxylation is 1. The molecule has 1 aromatic rings. The third-order valence-corrected chi connectivity index (χ3v) is 5.62. The first kappa shape index (κ1) is 19.3. The molecule has 0 unspecified atom stereocenters. The van der Waals surface area contributed by atoms with Gasteiger partial charge in [-0.25, -0.2) is 9.18 Å². The molecule has 0 aliphatic carbocycles. The van der Waals surface area contributed by atoms with Crippen LogP contribution < -0.4 is 5.32 Å². The Balaban J connectivity index is 1.54. The molecule has 0 aromatic heterocycles. The van der Waals surface area contributed by atoms with Crippen LogP contribution in [0.5, 0.6) is 0 Å². The van der Waals surface area contributed by atoms with Gasteiger partial charge in [-0.1, -0.05) is 12.1 Å². The number of likely N-dealkylation sites (tertiary alicyclic amines) is 1. The molecule has 146 valence electrons. The van der Waals surface area contributed by atoms with Crippen LogP contribution in [0.15, 0.2) is 24.3 Å². The van der Waals surface area contributed by atoms with Crippen LogP contribution in [-0.2, 0) is 16.0 Å². The lowest BCUT2D eigenvalue weighted by Crippen LogP contribution is -2.51. The second kappa shape index (κ2) is 7.66. The summed E-state index contributed by atoms with van der Waals surface area (Å²) in [6.45, 7) is 4.53. The van der Waals surface area contributed by atoms with Crippen LogP contribution >= 0.6 is 0 Å². The molecule has 0 radical (unpaired) electrons. The summed E-state index contributed by atoms with van der Waals surface area (Å²) in [7, 11) is 0. The Morgan fingerprint density at radius 2 is 1.96 bits per heavy atom. The van der Waals surface area contributed by atoms with Crippen LogP contribution in [-0.4, -0.2) is 52.8 Å². The number of piperidine rings is 1. The van der Waals surface area contributed by atoms with E-state index in [0.29, 0.717) is 19.0 Å². The maximum atomic E-state index is 13.0. The largest absolute Gasteiger partial charge is 0.341 e. The maximum absolute atomic E-state index is 13.0. The predicted octanol–water partition coefficient (Wildman–Crippen LogP) is 2.33. The van der Waals surface area contributed by atoms with E-state index in [0.717, 1.165) is 31.2 Å². The van der Waals surface area contributed by atoms with Crippen LogP contribution in [0.2, 0.25) is 0 Å². The van der Waals surface area contributed by atoms with E-state index in [9.17, 15) is 18.8 Å². The van der Waals surface area contributed by atoms with Gasteiger partial charge in [-0.3, -0.25) is 14.9 Å². The Hall–Kier alpha value is -2.44. The highest BCUT2D eigenvalue weighted by Crippen LogP contribution is 2.24. The van der Waals surface area contributed by atoms with Gasteiger partial charge in [0.25, 0.3) is 5.91 Å². The Bertz CT molecular complexity index is 732. The van der Waals surface area contributed by atoms with Crippen LogP contribution in [0.4, 0.5) is 9.18 Å². The van der Waals surface area contributed by atoms with Crippen LogP contribution in [0, 0.1) is 11.7 Å². The van der Waals surface area contributed by atoms with E-state index in [2.05, 4.69) is 5.32 Å². The van der Waals surface area contributed by atoms with Gasteiger partial charge in [0.15, 0.2) is 0 Å². The topological polar surface area (TPSA) is 69.7 Å². The maximum Gasteiger partial charge on any atom is 0.325 e. The number of hydrogen-bond donors (Lipinski definition) is 1. The highest BCUT2D eigenvalue weighted by Gasteiger charge is 2.46. The summed E-state index contributed by atoms with van der Waals surface area (Å²) >= 11 is 0. The second-order valence-corrected chi connectivity index (χ2v) is 7.92. The lowest BCUT2D eigenvalue weighted by molar-refractivity contribution is -0.135. The highest BCUT2D eigenvalue weighted by molar-refractivity contribution is 6.07. The predicted molar refractivity (Wildman–Crippen MR) is 98.3 cm³/mol. The average molecular weight is 375 g/mol. The fraction of sp³-hybridized carbons (Fsp3) is 0.550.